The molecule has 0 aliphatic rings. The van der Waals surface area contributed by atoms with E-state index in [1.807, 2.05) is 13.8 Å². The molecule has 1 aromatic heterocycles. The minimum absolute atomic E-state index is 0.00177. The van der Waals surface area contributed by atoms with Crippen LogP contribution in [0.2, 0.25) is 0 Å². The lowest BCUT2D eigenvalue weighted by Crippen LogP contribution is -2.49. The number of aryl methyl sites for hydroxylation is 1. The second-order valence-electron chi connectivity index (χ2n) is 8.21. The molecule has 0 saturated heterocycles. The Morgan fingerprint density at radius 1 is 1.00 bits per heavy atom. The number of nitrogens with zero attached hydrogens (tertiary/aromatic N) is 1. The van der Waals surface area contributed by atoms with Crippen LogP contribution in [0.15, 0.2) is 36.7 Å². The number of hydrogen-bond donors (Lipinski definition) is 6. The predicted molar refractivity (Wildman–Crippen MR) is 118 cm³/mol. The molecule has 9 nitrogen and oxygen atoms in total. The summed E-state index contributed by atoms with van der Waals surface area (Å²) in [5.74, 6) is -0.655. The first kappa shape index (κ1) is 25.7. The summed E-state index contributed by atoms with van der Waals surface area (Å²) in [7, 11) is 0. The number of aliphatic hydroxyl groups excluding tert-OH is 5. The average Bonchev–Trinajstić information content (AvgIpc) is 2.77. The minimum Gasteiger partial charge on any atom is -0.462 e. The Balaban J connectivity index is 2.14. The zero-order valence-corrected chi connectivity index (χ0v) is 18.6. The quantitative estimate of drug-likeness (QED) is 0.289. The number of hydrogen-bond acceptors (Lipinski definition) is 8. The molecule has 0 radical (unpaired) electrons. The maximum atomic E-state index is 12.2. The standard InChI is InChI=1S/C23H32N2O7/c1-12(2)25-22(30)17-8-16(9-24-10-17)15-5-6-18(13(3)7-15)32-23(31)21(29)20(28)19(27)14(4)11-26/h5-10,12,14,19-21,23,26-29,31H,11H2,1-4H3,(H,25,30). The van der Waals surface area contributed by atoms with Gasteiger partial charge in [0.05, 0.1) is 11.7 Å². The number of carbonyl (C=O) groups excluding carboxylic acids is 1. The van der Waals surface area contributed by atoms with Gasteiger partial charge in [-0.1, -0.05) is 13.0 Å². The van der Waals surface area contributed by atoms with Crippen molar-refractivity contribution in [1.82, 2.24) is 10.3 Å². The summed E-state index contributed by atoms with van der Waals surface area (Å²) in [6, 6.07) is 6.79. The number of carbonyl (C=O) groups is 1. The maximum Gasteiger partial charge on any atom is 0.253 e. The van der Waals surface area contributed by atoms with Crippen LogP contribution in [0.1, 0.15) is 36.7 Å². The van der Waals surface area contributed by atoms with Crippen LogP contribution >= 0.6 is 0 Å². The van der Waals surface area contributed by atoms with Crippen molar-refractivity contribution in [3.8, 4) is 16.9 Å². The number of pyridine rings is 1. The van der Waals surface area contributed by atoms with Gasteiger partial charge in [-0.2, -0.15) is 0 Å². The van der Waals surface area contributed by atoms with Gasteiger partial charge in [0.25, 0.3) is 5.91 Å². The van der Waals surface area contributed by atoms with Gasteiger partial charge in [0.2, 0.25) is 6.29 Å². The molecule has 1 heterocycles. The van der Waals surface area contributed by atoms with Gasteiger partial charge in [-0.15, -0.1) is 0 Å². The topological polar surface area (TPSA) is 152 Å². The Kier molecular flexibility index (Phi) is 9.11. The first-order valence-corrected chi connectivity index (χ1v) is 10.4. The fraction of sp³-hybridized carbons (Fsp3) is 0.478. The number of benzene rings is 1. The van der Waals surface area contributed by atoms with Crippen LogP contribution in [0.4, 0.5) is 0 Å². The zero-order valence-electron chi connectivity index (χ0n) is 18.6. The van der Waals surface area contributed by atoms with E-state index in [0.29, 0.717) is 16.7 Å². The zero-order chi connectivity index (χ0) is 24.0. The van der Waals surface area contributed by atoms with Gasteiger partial charge in [-0.3, -0.25) is 9.78 Å². The molecule has 0 bridgehead atoms. The van der Waals surface area contributed by atoms with Crippen LogP contribution in [0, 0.1) is 12.8 Å². The lowest BCUT2D eigenvalue weighted by atomic mass is 9.97. The molecule has 5 atom stereocenters. The van der Waals surface area contributed by atoms with Crippen molar-refractivity contribution in [2.75, 3.05) is 6.61 Å². The van der Waals surface area contributed by atoms with Gasteiger partial charge in [-0.05, 0) is 50.1 Å². The molecule has 0 fully saturated rings. The maximum absolute atomic E-state index is 12.2. The molecule has 1 aromatic carbocycles. The van der Waals surface area contributed by atoms with Gasteiger partial charge in [0, 0.05) is 36.5 Å². The van der Waals surface area contributed by atoms with E-state index in [1.54, 1.807) is 37.4 Å². The Morgan fingerprint density at radius 3 is 2.28 bits per heavy atom. The normalized spacial score (nSPS) is 16.2. The smallest absolute Gasteiger partial charge is 0.253 e. The van der Waals surface area contributed by atoms with Gasteiger partial charge < -0.3 is 35.6 Å². The van der Waals surface area contributed by atoms with E-state index in [4.69, 9.17) is 9.84 Å². The summed E-state index contributed by atoms with van der Waals surface area (Å²) >= 11 is 0. The Bertz CT molecular complexity index is 906. The number of nitrogens with one attached hydrogen (secondary N) is 1. The summed E-state index contributed by atoms with van der Waals surface area (Å²) in [4.78, 5) is 16.4. The van der Waals surface area contributed by atoms with Gasteiger partial charge in [0.15, 0.2) is 0 Å². The average molecular weight is 449 g/mol. The van der Waals surface area contributed by atoms with Crippen LogP contribution in [0.25, 0.3) is 11.1 Å². The molecule has 9 heteroatoms. The van der Waals surface area contributed by atoms with Gasteiger partial charge in [-0.25, -0.2) is 0 Å². The highest BCUT2D eigenvalue weighted by Crippen LogP contribution is 2.27. The number of rotatable bonds is 10. The first-order valence-electron chi connectivity index (χ1n) is 10.4. The second-order valence-corrected chi connectivity index (χ2v) is 8.21. The largest absolute Gasteiger partial charge is 0.462 e. The Labute approximate surface area is 187 Å². The molecule has 0 saturated carbocycles. The summed E-state index contributed by atoms with van der Waals surface area (Å²) in [6.07, 6.45) is -3.64. The number of aliphatic hydroxyl groups is 5. The Morgan fingerprint density at radius 2 is 1.69 bits per heavy atom. The number of amides is 1. The van der Waals surface area contributed by atoms with E-state index in [-0.39, 0.29) is 17.7 Å². The van der Waals surface area contributed by atoms with Crippen molar-refractivity contribution in [3.63, 3.8) is 0 Å². The predicted octanol–water partition coefficient (Wildman–Crippen LogP) is 0.604. The molecule has 0 aliphatic carbocycles. The summed E-state index contributed by atoms with van der Waals surface area (Å²) in [5, 5.41) is 52.1. The SMILES string of the molecule is Cc1cc(-c2cncc(C(=O)NC(C)C)c2)ccc1OC(O)C(O)C(O)C(O)C(C)CO. The van der Waals surface area contributed by atoms with Crippen molar-refractivity contribution in [2.24, 2.45) is 5.92 Å². The minimum atomic E-state index is -1.81. The van der Waals surface area contributed by atoms with Crippen LogP contribution in [0.3, 0.4) is 0 Å². The Hall–Kier alpha value is -2.56. The van der Waals surface area contributed by atoms with Crippen LogP contribution < -0.4 is 10.1 Å². The van der Waals surface area contributed by atoms with E-state index in [2.05, 4.69) is 10.3 Å². The molecule has 2 rings (SSSR count). The molecular weight excluding hydrogens is 416 g/mol. The van der Waals surface area contributed by atoms with Crippen LogP contribution in [-0.2, 0) is 0 Å². The third kappa shape index (κ3) is 6.47. The molecular formula is C23H32N2O7. The summed E-state index contributed by atoms with van der Waals surface area (Å²) in [6.45, 7) is 6.58. The van der Waals surface area contributed by atoms with E-state index in [9.17, 15) is 25.2 Å². The van der Waals surface area contributed by atoms with Crippen LogP contribution in [-0.4, -0.2) is 73.7 Å². The van der Waals surface area contributed by atoms with Crippen LogP contribution in [0.5, 0.6) is 5.75 Å². The lowest BCUT2D eigenvalue weighted by molar-refractivity contribution is -0.172. The molecule has 2 aromatic rings. The molecule has 176 valence electrons. The molecule has 0 spiro atoms. The highest BCUT2D eigenvalue weighted by atomic mass is 16.6. The summed E-state index contributed by atoms with van der Waals surface area (Å²) < 4.78 is 5.38. The highest BCUT2D eigenvalue weighted by Gasteiger charge is 2.34. The van der Waals surface area contributed by atoms with E-state index < -0.39 is 37.1 Å². The first-order chi connectivity index (χ1) is 15.0. The van der Waals surface area contributed by atoms with E-state index in [0.717, 1.165) is 5.56 Å². The molecule has 0 aliphatic heterocycles. The molecule has 1 amide bonds. The fourth-order valence-corrected chi connectivity index (χ4v) is 3.04. The van der Waals surface area contributed by atoms with Crippen molar-refractivity contribution >= 4 is 5.91 Å². The third-order valence-corrected chi connectivity index (χ3v) is 5.04. The van der Waals surface area contributed by atoms with Crippen molar-refractivity contribution < 1.29 is 35.1 Å². The number of aromatic nitrogens is 1. The number of ether oxygens (including phenoxy) is 1. The van der Waals surface area contributed by atoms with E-state index >= 15 is 0 Å². The summed E-state index contributed by atoms with van der Waals surface area (Å²) in [5.41, 5.74) is 2.54. The molecule has 6 N–H and O–H groups in total. The van der Waals surface area contributed by atoms with Gasteiger partial charge >= 0.3 is 0 Å². The monoisotopic (exact) mass is 448 g/mol. The van der Waals surface area contributed by atoms with Gasteiger partial charge in [0.1, 0.15) is 18.0 Å². The second kappa shape index (κ2) is 11.3. The van der Waals surface area contributed by atoms with Crippen molar-refractivity contribution in [1.29, 1.82) is 0 Å². The van der Waals surface area contributed by atoms with Crippen molar-refractivity contribution in [2.45, 2.75) is 58.3 Å². The van der Waals surface area contributed by atoms with Crippen molar-refractivity contribution in [3.05, 3.63) is 47.8 Å². The lowest BCUT2D eigenvalue weighted by Gasteiger charge is -2.29. The molecule has 32 heavy (non-hydrogen) atoms. The fourth-order valence-electron chi connectivity index (χ4n) is 3.04. The third-order valence-electron chi connectivity index (χ3n) is 5.04. The molecule has 5 unspecified atom stereocenters. The van der Waals surface area contributed by atoms with E-state index in [1.165, 1.54) is 13.1 Å². The highest BCUT2D eigenvalue weighted by molar-refractivity contribution is 5.95.